The summed E-state index contributed by atoms with van der Waals surface area (Å²) in [6, 6.07) is 13.0. The van der Waals surface area contributed by atoms with Crippen molar-refractivity contribution in [2.75, 3.05) is 31.8 Å². The van der Waals surface area contributed by atoms with Crippen LogP contribution in [0.5, 0.6) is 17.2 Å². The van der Waals surface area contributed by atoms with Gasteiger partial charge in [-0.15, -0.1) is 0 Å². The summed E-state index contributed by atoms with van der Waals surface area (Å²) >= 11 is 0. The molecule has 1 saturated heterocycles. The predicted octanol–water partition coefficient (Wildman–Crippen LogP) is 4.06. The standard InChI is InChI=1S/C23H25N3O5/c1-4-29-18-9-7-6-8-17(18)26-14-16(13-21(26)27)23-24-22(25-31-23)15-10-11-19(30-5-2)20(12-15)28-3/h6-12,16H,4-5,13-14H2,1-3H3. The number of anilines is 1. The highest BCUT2D eigenvalue weighted by atomic mass is 16.5. The van der Waals surface area contributed by atoms with Gasteiger partial charge in [0.25, 0.3) is 0 Å². The molecule has 0 spiro atoms. The smallest absolute Gasteiger partial charge is 0.232 e. The molecule has 1 fully saturated rings. The number of aromatic nitrogens is 2. The fraction of sp³-hybridized carbons (Fsp3) is 0.348. The SMILES string of the molecule is CCOc1ccc(-c2noc(C3CC(=O)N(c4ccccc4OCC)C3)n2)cc1OC. The topological polar surface area (TPSA) is 86.9 Å². The van der Waals surface area contributed by atoms with Crippen molar-refractivity contribution >= 4 is 11.6 Å². The molecule has 162 valence electrons. The summed E-state index contributed by atoms with van der Waals surface area (Å²) in [6.45, 7) is 5.36. The summed E-state index contributed by atoms with van der Waals surface area (Å²) in [4.78, 5) is 19.0. The Morgan fingerprint density at radius 3 is 2.61 bits per heavy atom. The molecule has 3 aromatic rings. The zero-order chi connectivity index (χ0) is 21.8. The van der Waals surface area contributed by atoms with Crippen molar-refractivity contribution in [3.63, 3.8) is 0 Å². The number of nitrogens with zero attached hydrogens (tertiary/aromatic N) is 3. The molecular formula is C23H25N3O5. The van der Waals surface area contributed by atoms with Crippen molar-refractivity contribution in [3.8, 4) is 28.6 Å². The third-order valence-electron chi connectivity index (χ3n) is 5.09. The van der Waals surface area contributed by atoms with E-state index in [1.165, 1.54) is 0 Å². The van der Waals surface area contributed by atoms with Crippen LogP contribution in [0.1, 0.15) is 32.1 Å². The lowest BCUT2D eigenvalue weighted by molar-refractivity contribution is -0.117. The van der Waals surface area contributed by atoms with Crippen LogP contribution in [-0.4, -0.2) is 42.9 Å². The van der Waals surface area contributed by atoms with Crippen LogP contribution >= 0.6 is 0 Å². The van der Waals surface area contributed by atoms with Crippen molar-refractivity contribution in [2.45, 2.75) is 26.2 Å². The first-order valence-corrected chi connectivity index (χ1v) is 10.3. The molecule has 1 aliphatic rings. The van der Waals surface area contributed by atoms with Crippen LogP contribution < -0.4 is 19.1 Å². The van der Waals surface area contributed by atoms with E-state index < -0.39 is 0 Å². The van der Waals surface area contributed by atoms with Gasteiger partial charge < -0.3 is 23.6 Å². The first-order chi connectivity index (χ1) is 15.1. The summed E-state index contributed by atoms with van der Waals surface area (Å²) < 4.78 is 22.2. The number of amides is 1. The van der Waals surface area contributed by atoms with Gasteiger partial charge in [0.05, 0.1) is 31.9 Å². The minimum Gasteiger partial charge on any atom is -0.493 e. The molecular weight excluding hydrogens is 398 g/mol. The number of hydrogen-bond acceptors (Lipinski definition) is 7. The molecule has 1 amide bonds. The van der Waals surface area contributed by atoms with Gasteiger partial charge in [-0.3, -0.25) is 4.79 Å². The normalized spacial score (nSPS) is 15.9. The van der Waals surface area contributed by atoms with E-state index in [1.54, 1.807) is 12.0 Å². The second-order valence-corrected chi connectivity index (χ2v) is 7.06. The molecule has 1 unspecified atom stereocenters. The summed E-state index contributed by atoms with van der Waals surface area (Å²) in [5.41, 5.74) is 1.51. The number of carbonyl (C=O) groups excluding carboxylic acids is 1. The van der Waals surface area contributed by atoms with Gasteiger partial charge in [0.2, 0.25) is 17.6 Å². The minimum absolute atomic E-state index is 0.000334. The Labute approximate surface area is 180 Å². The van der Waals surface area contributed by atoms with Crippen molar-refractivity contribution < 1.29 is 23.5 Å². The molecule has 4 rings (SSSR count). The van der Waals surface area contributed by atoms with E-state index in [4.69, 9.17) is 18.7 Å². The van der Waals surface area contributed by atoms with E-state index in [9.17, 15) is 4.79 Å². The Balaban J connectivity index is 1.55. The van der Waals surface area contributed by atoms with Gasteiger partial charge >= 0.3 is 0 Å². The maximum absolute atomic E-state index is 12.7. The average molecular weight is 423 g/mol. The fourth-order valence-electron chi connectivity index (χ4n) is 3.66. The van der Waals surface area contributed by atoms with Gasteiger partial charge in [0.1, 0.15) is 5.75 Å². The summed E-state index contributed by atoms with van der Waals surface area (Å²) in [7, 11) is 1.59. The van der Waals surface area contributed by atoms with E-state index in [-0.39, 0.29) is 11.8 Å². The largest absolute Gasteiger partial charge is 0.493 e. The van der Waals surface area contributed by atoms with Gasteiger partial charge in [-0.1, -0.05) is 17.3 Å². The quantitative estimate of drug-likeness (QED) is 0.540. The van der Waals surface area contributed by atoms with Crippen molar-refractivity contribution in [1.29, 1.82) is 0 Å². The highest BCUT2D eigenvalue weighted by Gasteiger charge is 2.36. The Hall–Kier alpha value is -3.55. The highest BCUT2D eigenvalue weighted by molar-refractivity contribution is 5.97. The lowest BCUT2D eigenvalue weighted by Gasteiger charge is -2.19. The van der Waals surface area contributed by atoms with Crippen molar-refractivity contribution in [3.05, 3.63) is 48.4 Å². The molecule has 0 radical (unpaired) electrons. The number of hydrogen-bond donors (Lipinski definition) is 0. The van der Waals surface area contributed by atoms with Crippen molar-refractivity contribution in [2.24, 2.45) is 0 Å². The van der Waals surface area contributed by atoms with E-state index >= 15 is 0 Å². The Kier molecular flexibility index (Phi) is 6.06. The number of para-hydroxylation sites is 2. The van der Waals surface area contributed by atoms with Gasteiger partial charge in [0.15, 0.2) is 11.5 Å². The number of rotatable bonds is 8. The minimum atomic E-state index is -0.187. The molecule has 0 N–H and O–H groups in total. The Morgan fingerprint density at radius 1 is 1.06 bits per heavy atom. The molecule has 2 heterocycles. The number of carbonyl (C=O) groups is 1. The van der Waals surface area contributed by atoms with Crippen molar-refractivity contribution in [1.82, 2.24) is 10.1 Å². The zero-order valence-electron chi connectivity index (χ0n) is 17.8. The molecule has 31 heavy (non-hydrogen) atoms. The van der Waals surface area contributed by atoms with Gasteiger partial charge in [0, 0.05) is 18.5 Å². The molecule has 8 heteroatoms. The monoisotopic (exact) mass is 423 g/mol. The third-order valence-corrected chi connectivity index (χ3v) is 5.09. The molecule has 1 atom stereocenters. The predicted molar refractivity (Wildman–Crippen MR) is 115 cm³/mol. The number of benzene rings is 2. The Morgan fingerprint density at radius 2 is 1.84 bits per heavy atom. The maximum atomic E-state index is 12.7. The molecule has 0 saturated carbocycles. The van der Waals surface area contributed by atoms with E-state index in [2.05, 4.69) is 10.1 Å². The van der Waals surface area contributed by atoms with E-state index in [0.717, 1.165) is 11.3 Å². The summed E-state index contributed by atoms with van der Waals surface area (Å²) in [5.74, 6) is 2.63. The van der Waals surface area contributed by atoms with Gasteiger partial charge in [-0.05, 0) is 44.2 Å². The zero-order valence-corrected chi connectivity index (χ0v) is 17.8. The molecule has 1 aromatic heterocycles. The fourth-order valence-corrected chi connectivity index (χ4v) is 3.66. The maximum Gasteiger partial charge on any atom is 0.232 e. The van der Waals surface area contributed by atoms with Crippen LogP contribution in [-0.2, 0) is 4.79 Å². The first-order valence-electron chi connectivity index (χ1n) is 10.3. The number of ether oxygens (including phenoxy) is 3. The Bertz CT molecular complexity index is 1060. The van der Waals surface area contributed by atoms with Gasteiger partial charge in [-0.2, -0.15) is 4.98 Å². The molecule has 2 aromatic carbocycles. The van der Waals surface area contributed by atoms with Crippen LogP contribution in [0.15, 0.2) is 47.0 Å². The second-order valence-electron chi connectivity index (χ2n) is 7.06. The lowest BCUT2D eigenvalue weighted by atomic mass is 10.1. The number of methoxy groups -OCH3 is 1. The van der Waals surface area contributed by atoms with Gasteiger partial charge in [-0.25, -0.2) is 0 Å². The lowest BCUT2D eigenvalue weighted by Crippen LogP contribution is -2.25. The second kappa shape index (κ2) is 9.07. The first kappa shape index (κ1) is 20.7. The summed E-state index contributed by atoms with van der Waals surface area (Å²) in [5, 5.41) is 4.11. The average Bonchev–Trinajstić information content (AvgIpc) is 3.42. The van der Waals surface area contributed by atoms with Crippen LogP contribution in [0.4, 0.5) is 5.69 Å². The molecule has 0 bridgehead atoms. The molecule has 1 aliphatic heterocycles. The van der Waals surface area contributed by atoms with Crippen LogP contribution in [0.3, 0.4) is 0 Å². The summed E-state index contributed by atoms with van der Waals surface area (Å²) in [6.07, 6.45) is 0.300. The highest BCUT2D eigenvalue weighted by Crippen LogP contribution is 2.37. The van der Waals surface area contributed by atoms with Crippen LogP contribution in [0, 0.1) is 0 Å². The van der Waals surface area contributed by atoms with Crippen LogP contribution in [0.2, 0.25) is 0 Å². The van der Waals surface area contributed by atoms with Crippen LogP contribution in [0.25, 0.3) is 11.4 Å². The molecule has 0 aliphatic carbocycles. The third kappa shape index (κ3) is 4.19. The van der Waals surface area contributed by atoms with E-state index in [1.807, 2.05) is 56.3 Å². The molecule has 8 nitrogen and oxygen atoms in total. The van der Waals surface area contributed by atoms with E-state index in [0.29, 0.717) is 55.1 Å².